The second-order valence-corrected chi connectivity index (χ2v) is 8.32. The van der Waals surface area contributed by atoms with Gasteiger partial charge in [-0.25, -0.2) is 9.98 Å². The summed E-state index contributed by atoms with van der Waals surface area (Å²) in [4.78, 5) is 15.3. The fourth-order valence-electron chi connectivity index (χ4n) is 3.34. The molecule has 2 heterocycles. The molecule has 28 heavy (non-hydrogen) atoms. The van der Waals surface area contributed by atoms with Crippen LogP contribution in [0, 0.1) is 6.92 Å². The molecule has 1 aromatic heterocycles. The number of benzene rings is 1. The minimum absolute atomic E-state index is 0.634. The van der Waals surface area contributed by atoms with Crippen molar-refractivity contribution in [3.05, 3.63) is 46.4 Å². The van der Waals surface area contributed by atoms with Crippen molar-refractivity contribution in [1.29, 1.82) is 0 Å². The maximum absolute atomic E-state index is 4.65. The highest BCUT2D eigenvalue weighted by molar-refractivity contribution is 7.11. The molecule has 2 N–H and O–H groups in total. The van der Waals surface area contributed by atoms with Crippen molar-refractivity contribution in [2.75, 3.05) is 50.7 Å². The van der Waals surface area contributed by atoms with Crippen LogP contribution >= 0.6 is 11.3 Å². The number of nitrogens with one attached hydrogen (secondary N) is 2. The number of hydrogen-bond donors (Lipinski definition) is 2. The molecule has 7 heteroatoms. The van der Waals surface area contributed by atoms with Crippen molar-refractivity contribution in [3.63, 3.8) is 0 Å². The van der Waals surface area contributed by atoms with Crippen LogP contribution in [-0.2, 0) is 6.54 Å². The zero-order valence-electron chi connectivity index (χ0n) is 17.0. The van der Waals surface area contributed by atoms with Gasteiger partial charge in [0, 0.05) is 56.0 Å². The number of aromatic nitrogens is 1. The Kier molecular flexibility index (Phi) is 8.11. The van der Waals surface area contributed by atoms with Crippen LogP contribution in [0.5, 0.6) is 0 Å². The molecule has 1 aliphatic rings. The third-order valence-electron chi connectivity index (χ3n) is 4.82. The lowest BCUT2D eigenvalue weighted by Crippen LogP contribution is -2.47. The monoisotopic (exact) mass is 400 g/mol. The van der Waals surface area contributed by atoms with Gasteiger partial charge < -0.3 is 15.5 Å². The molecule has 0 unspecified atom stereocenters. The summed E-state index contributed by atoms with van der Waals surface area (Å²) in [6.07, 6.45) is 3.03. The molecule has 6 nitrogen and oxygen atoms in total. The molecule has 0 saturated carbocycles. The molecule has 1 fully saturated rings. The van der Waals surface area contributed by atoms with Crippen molar-refractivity contribution in [1.82, 2.24) is 20.5 Å². The number of hydrogen-bond acceptors (Lipinski definition) is 5. The molecular formula is C21H32N6S. The molecule has 0 aliphatic carbocycles. The third kappa shape index (κ3) is 6.49. The maximum atomic E-state index is 4.65. The van der Waals surface area contributed by atoms with E-state index in [9.17, 15) is 0 Å². The number of anilines is 1. The Morgan fingerprint density at radius 2 is 1.93 bits per heavy atom. The lowest BCUT2D eigenvalue weighted by molar-refractivity contribution is 0.255. The normalized spacial score (nSPS) is 15.6. The van der Waals surface area contributed by atoms with E-state index in [4.69, 9.17) is 0 Å². The van der Waals surface area contributed by atoms with Gasteiger partial charge in [0.25, 0.3) is 0 Å². The van der Waals surface area contributed by atoms with E-state index in [-0.39, 0.29) is 0 Å². The number of nitrogens with zero attached hydrogens (tertiary/aromatic N) is 4. The van der Waals surface area contributed by atoms with Crippen molar-refractivity contribution in [2.24, 2.45) is 4.99 Å². The summed E-state index contributed by atoms with van der Waals surface area (Å²) in [5, 5.41) is 7.83. The van der Waals surface area contributed by atoms with E-state index in [0.29, 0.717) is 6.54 Å². The molecule has 0 spiro atoms. The van der Waals surface area contributed by atoms with Gasteiger partial charge in [-0.2, -0.15) is 0 Å². The van der Waals surface area contributed by atoms with Crippen molar-refractivity contribution in [3.8, 4) is 0 Å². The highest BCUT2D eigenvalue weighted by Crippen LogP contribution is 2.15. The van der Waals surface area contributed by atoms with Gasteiger partial charge in [0.2, 0.25) is 0 Å². The Hall–Kier alpha value is -2.12. The van der Waals surface area contributed by atoms with Gasteiger partial charge in [-0.3, -0.25) is 4.90 Å². The molecule has 0 atom stereocenters. The number of aryl methyl sites for hydroxylation is 1. The quantitative estimate of drug-likeness (QED) is 0.405. The van der Waals surface area contributed by atoms with Crippen LogP contribution in [0.4, 0.5) is 5.69 Å². The topological polar surface area (TPSA) is 55.8 Å². The van der Waals surface area contributed by atoms with Gasteiger partial charge in [0.15, 0.2) is 5.96 Å². The summed E-state index contributed by atoms with van der Waals surface area (Å²) < 4.78 is 0. The largest absolute Gasteiger partial charge is 0.369 e. The lowest BCUT2D eigenvalue weighted by Gasteiger charge is -2.36. The minimum Gasteiger partial charge on any atom is -0.369 e. The fraction of sp³-hybridized carbons (Fsp3) is 0.524. The molecule has 3 rings (SSSR count). The molecule has 1 saturated heterocycles. The number of aliphatic imine (C=N–C) groups is 1. The van der Waals surface area contributed by atoms with Gasteiger partial charge in [-0.1, -0.05) is 18.2 Å². The van der Waals surface area contributed by atoms with E-state index < -0.39 is 0 Å². The van der Waals surface area contributed by atoms with E-state index in [2.05, 4.69) is 74.6 Å². The fourth-order valence-corrected chi connectivity index (χ4v) is 4.05. The molecule has 1 aromatic carbocycles. The van der Waals surface area contributed by atoms with Gasteiger partial charge in [0.1, 0.15) is 5.01 Å². The van der Waals surface area contributed by atoms with Crippen LogP contribution in [0.1, 0.15) is 23.2 Å². The number of piperazine rings is 1. The summed E-state index contributed by atoms with van der Waals surface area (Å²) in [7, 11) is 0. The number of guanidine groups is 1. The van der Waals surface area contributed by atoms with Gasteiger partial charge in [-0.15, -0.1) is 11.3 Å². The summed E-state index contributed by atoms with van der Waals surface area (Å²) in [6, 6.07) is 10.7. The van der Waals surface area contributed by atoms with E-state index in [1.165, 1.54) is 10.6 Å². The molecular weight excluding hydrogens is 368 g/mol. The first-order valence-electron chi connectivity index (χ1n) is 10.2. The van der Waals surface area contributed by atoms with Crippen LogP contribution in [0.2, 0.25) is 0 Å². The highest BCUT2D eigenvalue weighted by Gasteiger charge is 2.16. The molecule has 0 radical (unpaired) electrons. The molecule has 2 aromatic rings. The van der Waals surface area contributed by atoms with Crippen molar-refractivity contribution < 1.29 is 0 Å². The second kappa shape index (κ2) is 11.0. The standard InChI is InChI=1S/C21H32N6S/c1-3-22-21(25-17-20-24-16-18(2)28-20)23-10-7-11-26-12-14-27(15-13-26)19-8-5-4-6-9-19/h4-6,8-9,16H,3,7,10-15,17H2,1-2H3,(H2,22,23,25). The summed E-state index contributed by atoms with van der Waals surface area (Å²) in [5.74, 6) is 0.879. The van der Waals surface area contributed by atoms with Crippen LogP contribution < -0.4 is 15.5 Å². The van der Waals surface area contributed by atoms with Crippen LogP contribution in [0.3, 0.4) is 0 Å². The molecule has 0 bridgehead atoms. The van der Waals surface area contributed by atoms with E-state index in [1.54, 1.807) is 11.3 Å². The Morgan fingerprint density at radius 3 is 2.61 bits per heavy atom. The minimum atomic E-state index is 0.634. The average Bonchev–Trinajstić information content (AvgIpc) is 3.15. The average molecular weight is 401 g/mol. The van der Waals surface area contributed by atoms with Crippen molar-refractivity contribution >= 4 is 23.0 Å². The Bertz CT molecular complexity index is 722. The lowest BCUT2D eigenvalue weighted by atomic mass is 10.2. The zero-order valence-corrected chi connectivity index (χ0v) is 17.8. The van der Waals surface area contributed by atoms with Gasteiger partial charge in [0.05, 0.1) is 6.54 Å². The maximum Gasteiger partial charge on any atom is 0.191 e. The first-order chi connectivity index (χ1) is 13.7. The van der Waals surface area contributed by atoms with E-state index in [0.717, 1.165) is 63.2 Å². The van der Waals surface area contributed by atoms with Crippen LogP contribution in [0.15, 0.2) is 41.5 Å². The number of thiazole rings is 1. The summed E-state index contributed by atoms with van der Waals surface area (Å²) >= 11 is 1.71. The number of rotatable bonds is 8. The SMILES string of the molecule is CCNC(=NCc1ncc(C)s1)NCCCN1CCN(c2ccccc2)CC1. The van der Waals surface area contributed by atoms with Crippen LogP contribution in [-0.4, -0.2) is 61.7 Å². The van der Waals surface area contributed by atoms with E-state index >= 15 is 0 Å². The van der Waals surface area contributed by atoms with Gasteiger partial charge in [-0.05, 0) is 38.9 Å². The molecule has 152 valence electrons. The second-order valence-electron chi connectivity index (χ2n) is 7.00. The Balaban J connectivity index is 1.35. The first kappa shape index (κ1) is 20.6. The summed E-state index contributed by atoms with van der Waals surface area (Å²) in [5.41, 5.74) is 1.34. The third-order valence-corrected chi connectivity index (χ3v) is 5.72. The van der Waals surface area contributed by atoms with Gasteiger partial charge >= 0.3 is 0 Å². The predicted octanol–water partition coefficient (Wildman–Crippen LogP) is 2.72. The Morgan fingerprint density at radius 1 is 1.14 bits per heavy atom. The first-order valence-corrected chi connectivity index (χ1v) is 11.0. The van der Waals surface area contributed by atoms with E-state index in [1.807, 2.05) is 6.20 Å². The zero-order chi connectivity index (χ0) is 19.6. The molecule has 1 aliphatic heterocycles. The summed E-state index contributed by atoms with van der Waals surface area (Å²) in [6.45, 7) is 12.2. The van der Waals surface area contributed by atoms with Crippen molar-refractivity contribution in [2.45, 2.75) is 26.8 Å². The molecule has 0 amide bonds. The van der Waals surface area contributed by atoms with Crippen LogP contribution in [0.25, 0.3) is 0 Å². The smallest absolute Gasteiger partial charge is 0.191 e. The highest BCUT2D eigenvalue weighted by atomic mass is 32.1. The number of para-hydroxylation sites is 1. The Labute approximate surface area is 172 Å². The predicted molar refractivity (Wildman–Crippen MR) is 119 cm³/mol.